The molecule has 0 fully saturated rings. The minimum absolute atomic E-state index is 0.369. The second kappa shape index (κ2) is 5.27. The Kier molecular flexibility index (Phi) is 3.98. The Hall–Kier alpha value is -1.51. The normalized spacial score (nSPS) is 16.0. The van der Waals surface area contributed by atoms with E-state index in [1.165, 1.54) is 5.57 Å². The Balaban J connectivity index is 2.71. The Morgan fingerprint density at radius 1 is 1.57 bits per heavy atom. The number of carbonyl (C=O) groups excluding carboxylic acids is 1. The molecule has 0 saturated heterocycles. The van der Waals surface area contributed by atoms with E-state index in [4.69, 9.17) is 4.74 Å². The molecule has 0 bridgehead atoms. The Labute approximate surface area is 84.1 Å². The summed E-state index contributed by atoms with van der Waals surface area (Å²) in [6, 6.07) is 0. The lowest BCUT2D eigenvalue weighted by atomic mass is 10.1. The summed E-state index contributed by atoms with van der Waals surface area (Å²) in [7, 11) is 1.89. The van der Waals surface area contributed by atoms with Gasteiger partial charge < -0.3 is 10.1 Å². The maximum absolute atomic E-state index is 10.1. The monoisotopic (exact) mass is 193 g/mol. The van der Waals surface area contributed by atoms with Crippen molar-refractivity contribution >= 4 is 6.47 Å². The zero-order valence-electron chi connectivity index (χ0n) is 8.54. The van der Waals surface area contributed by atoms with Crippen LogP contribution in [0.3, 0.4) is 0 Å². The molecule has 0 aromatic heterocycles. The van der Waals surface area contributed by atoms with Crippen molar-refractivity contribution in [1.29, 1.82) is 0 Å². The van der Waals surface area contributed by atoms with E-state index in [2.05, 4.69) is 5.32 Å². The smallest absolute Gasteiger partial charge is 0.293 e. The molecule has 0 aromatic rings. The number of hydrogen-bond donors (Lipinski definition) is 1. The summed E-state index contributed by atoms with van der Waals surface area (Å²) in [5.74, 6) is 0. The van der Waals surface area contributed by atoms with Crippen molar-refractivity contribution in [2.24, 2.45) is 0 Å². The second-order valence-electron chi connectivity index (χ2n) is 3.24. The van der Waals surface area contributed by atoms with Crippen LogP contribution in [0.25, 0.3) is 0 Å². The molecule has 1 aliphatic carbocycles. The molecule has 76 valence electrons. The summed E-state index contributed by atoms with van der Waals surface area (Å²) in [5, 5.41) is 3.10. The van der Waals surface area contributed by atoms with Crippen molar-refractivity contribution in [3.63, 3.8) is 0 Å². The highest BCUT2D eigenvalue weighted by molar-refractivity contribution is 5.39. The van der Waals surface area contributed by atoms with Crippen LogP contribution in [0.5, 0.6) is 0 Å². The van der Waals surface area contributed by atoms with Gasteiger partial charge in [0.2, 0.25) is 0 Å². The lowest BCUT2D eigenvalue weighted by Gasteiger charge is -2.07. The van der Waals surface area contributed by atoms with Gasteiger partial charge in [-0.25, -0.2) is 0 Å². The molecule has 0 amide bonds. The minimum atomic E-state index is 0.369. The summed E-state index contributed by atoms with van der Waals surface area (Å²) in [6.07, 6.45) is 6.93. The quantitative estimate of drug-likeness (QED) is 0.688. The standard InChI is InChI=1S/C11H15NO2/c1-9-3-4-11(12-2)6-10(5-9)7-14-8-13/h3-5,8,12H,6-7H2,1-2H3. The van der Waals surface area contributed by atoms with Gasteiger partial charge in [-0.3, -0.25) is 4.79 Å². The number of rotatable bonds is 4. The van der Waals surface area contributed by atoms with E-state index in [1.807, 2.05) is 32.2 Å². The van der Waals surface area contributed by atoms with Gasteiger partial charge in [0.25, 0.3) is 6.47 Å². The lowest BCUT2D eigenvalue weighted by molar-refractivity contribution is -0.127. The third-order valence-electron chi connectivity index (χ3n) is 2.05. The Morgan fingerprint density at radius 3 is 3.00 bits per heavy atom. The van der Waals surface area contributed by atoms with Crippen LogP contribution in [0.2, 0.25) is 0 Å². The molecule has 0 heterocycles. The molecular formula is C11H15NO2. The fraction of sp³-hybridized carbons (Fsp3) is 0.364. The van der Waals surface area contributed by atoms with Gasteiger partial charge >= 0.3 is 0 Å². The molecule has 0 radical (unpaired) electrons. The van der Waals surface area contributed by atoms with Crippen LogP contribution in [0, 0.1) is 0 Å². The molecule has 3 heteroatoms. The van der Waals surface area contributed by atoms with Crippen molar-refractivity contribution in [3.8, 4) is 0 Å². The summed E-state index contributed by atoms with van der Waals surface area (Å²) in [5.41, 5.74) is 3.39. The summed E-state index contributed by atoms with van der Waals surface area (Å²) in [4.78, 5) is 10.1. The number of ether oxygens (including phenoxy) is 1. The first-order chi connectivity index (χ1) is 6.76. The van der Waals surface area contributed by atoms with Crippen LogP contribution >= 0.6 is 0 Å². The predicted molar refractivity (Wildman–Crippen MR) is 55.6 cm³/mol. The molecular weight excluding hydrogens is 178 g/mol. The minimum Gasteiger partial charge on any atom is -0.463 e. The Bertz CT molecular complexity index is 300. The van der Waals surface area contributed by atoms with E-state index in [1.54, 1.807) is 0 Å². The number of allylic oxidation sites excluding steroid dienone is 5. The maximum atomic E-state index is 10.1. The largest absolute Gasteiger partial charge is 0.463 e. The topological polar surface area (TPSA) is 38.3 Å². The first-order valence-corrected chi connectivity index (χ1v) is 4.56. The maximum Gasteiger partial charge on any atom is 0.293 e. The number of hydrogen-bond acceptors (Lipinski definition) is 3. The van der Waals surface area contributed by atoms with Crippen molar-refractivity contribution < 1.29 is 9.53 Å². The third kappa shape index (κ3) is 3.09. The highest BCUT2D eigenvalue weighted by atomic mass is 16.5. The molecule has 14 heavy (non-hydrogen) atoms. The number of nitrogens with one attached hydrogen (secondary N) is 1. The SMILES string of the molecule is CNC1=CC=C(C)C=C(COC=O)C1. The van der Waals surface area contributed by atoms with E-state index in [9.17, 15) is 4.79 Å². The second-order valence-corrected chi connectivity index (χ2v) is 3.24. The van der Waals surface area contributed by atoms with Crippen LogP contribution in [-0.4, -0.2) is 20.1 Å². The van der Waals surface area contributed by atoms with Crippen LogP contribution in [0.4, 0.5) is 0 Å². The first kappa shape index (κ1) is 10.6. The van der Waals surface area contributed by atoms with Crippen LogP contribution in [0.15, 0.2) is 35.1 Å². The van der Waals surface area contributed by atoms with Gasteiger partial charge in [-0.05, 0) is 18.6 Å². The fourth-order valence-corrected chi connectivity index (χ4v) is 1.36. The molecule has 0 atom stereocenters. The van der Waals surface area contributed by atoms with Crippen LogP contribution in [0.1, 0.15) is 13.3 Å². The van der Waals surface area contributed by atoms with Gasteiger partial charge in [-0.1, -0.05) is 17.7 Å². The molecule has 1 rings (SSSR count). The van der Waals surface area contributed by atoms with Crippen molar-refractivity contribution in [2.75, 3.05) is 13.7 Å². The molecule has 1 N–H and O–H groups in total. The van der Waals surface area contributed by atoms with E-state index in [0.717, 1.165) is 17.7 Å². The lowest BCUT2D eigenvalue weighted by Crippen LogP contribution is -2.08. The summed E-state index contributed by atoms with van der Waals surface area (Å²) < 4.78 is 4.74. The molecule has 1 aliphatic rings. The van der Waals surface area contributed by atoms with Gasteiger partial charge in [0, 0.05) is 19.2 Å². The first-order valence-electron chi connectivity index (χ1n) is 4.56. The van der Waals surface area contributed by atoms with E-state index < -0.39 is 0 Å². The molecule has 3 nitrogen and oxygen atoms in total. The zero-order chi connectivity index (χ0) is 10.4. The van der Waals surface area contributed by atoms with Crippen LogP contribution in [-0.2, 0) is 9.53 Å². The molecule has 0 spiro atoms. The molecule has 0 saturated carbocycles. The van der Waals surface area contributed by atoms with Gasteiger partial charge in [0.1, 0.15) is 6.61 Å². The summed E-state index contributed by atoms with van der Waals surface area (Å²) >= 11 is 0. The van der Waals surface area contributed by atoms with Crippen LogP contribution < -0.4 is 5.32 Å². The molecule has 0 aromatic carbocycles. The van der Waals surface area contributed by atoms with Gasteiger partial charge in [-0.15, -0.1) is 0 Å². The third-order valence-corrected chi connectivity index (χ3v) is 2.05. The molecule has 0 unspecified atom stereocenters. The average molecular weight is 193 g/mol. The highest BCUT2D eigenvalue weighted by Crippen LogP contribution is 2.16. The highest BCUT2D eigenvalue weighted by Gasteiger charge is 2.04. The van der Waals surface area contributed by atoms with Crippen molar-refractivity contribution in [3.05, 3.63) is 35.1 Å². The molecule has 0 aliphatic heterocycles. The average Bonchev–Trinajstić information content (AvgIpc) is 2.37. The fourth-order valence-electron chi connectivity index (χ4n) is 1.36. The van der Waals surface area contributed by atoms with E-state index in [0.29, 0.717) is 13.1 Å². The van der Waals surface area contributed by atoms with E-state index >= 15 is 0 Å². The Morgan fingerprint density at radius 2 is 2.36 bits per heavy atom. The van der Waals surface area contributed by atoms with Gasteiger partial charge in [0.15, 0.2) is 0 Å². The summed E-state index contributed by atoms with van der Waals surface area (Å²) in [6.45, 7) is 2.87. The predicted octanol–water partition coefficient (Wildman–Crippen LogP) is 1.54. The number of carbonyl (C=O) groups is 1. The van der Waals surface area contributed by atoms with Gasteiger partial charge in [-0.2, -0.15) is 0 Å². The van der Waals surface area contributed by atoms with Crippen molar-refractivity contribution in [2.45, 2.75) is 13.3 Å². The zero-order valence-corrected chi connectivity index (χ0v) is 8.54. The van der Waals surface area contributed by atoms with E-state index in [-0.39, 0.29) is 0 Å². The van der Waals surface area contributed by atoms with Crippen molar-refractivity contribution in [1.82, 2.24) is 5.32 Å². The van der Waals surface area contributed by atoms with Gasteiger partial charge in [0.05, 0.1) is 0 Å².